The van der Waals surface area contributed by atoms with Gasteiger partial charge in [-0.1, -0.05) is 12.1 Å². The Balaban J connectivity index is 2.28. The van der Waals surface area contributed by atoms with Crippen LogP contribution in [0.4, 0.5) is 0 Å². The Hall–Kier alpha value is -1.10. The predicted octanol–water partition coefficient (Wildman–Crippen LogP) is 0.637. The molecule has 5 nitrogen and oxygen atoms in total. The van der Waals surface area contributed by atoms with Gasteiger partial charge in [0.1, 0.15) is 5.84 Å². The highest BCUT2D eigenvalue weighted by atomic mass is 16.8. The number of hydrogen-bond donors (Lipinski definition) is 1. The first-order valence-electron chi connectivity index (χ1n) is 4.89. The topological polar surface area (TPSA) is 49.2 Å². The minimum Gasteiger partial charge on any atom is -0.305 e. The van der Waals surface area contributed by atoms with Crippen LogP contribution in [0.2, 0.25) is 0 Å². The lowest BCUT2D eigenvalue weighted by atomic mass is 10.3. The standard InChI is InChI=1S/C9H18N4O/c1-4-13(3)6-5-10-9-7-8(2)11-14-12-9/h4-7H2,1-3H3,(H,10,12). The maximum Gasteiger partial charge on any atom is 0.140 e. The molecule has 0 aromatic heterocycles. The fourth-order valence-corrected chi connectivity index (χ4v) is 1.07. The third kappa shape index (κ3) is 3.74. The van der Waals surface area contributed by atoms with Gasteiger partial charge in [0.2, 0.25) is 0 Å². The van der Waals surface area contributed by atoms with Gasteiger partial charge in [0.25, 0.3) is 0 Å². The molecule has 80 valence electrons. The summed E-state index contributed by atoms with van der Waals surface area (Å²) in [6, 6.07) is 0. The molecule has 14 heavy (non-hydrogen) atoms. The Morgan fingerprint density at radius 3 is 3.07 bits per heavy atom. The number of amidine groups is 1. The van der Waals surface area contributed by atoms with Crippen LogP contribution in [-0.4, -0.2) is 43.1 Å². The third-order valence-electron chi connectivity index (χ3n) is 2.11. The number of aliphatic imine (C=N–C) groups is 1. The molecule has 1 aliphatic rings. The van der Waals surface area contributed by atoms with Crippen molar-refractivity contribution in [2.45, 2.75) is 20.3 Å². The van der Waals surface area contributed by atoms with E-state index in [1.54, 1.807) is 0 Å². The summed E-state index contributed by atoms with van der Waals surface area (Å²) in [6.07, 6.45) is 0.760. The van der Waals surface area contributed by atoms with Gasteiger partial charge >= 0.3 is 0 Å². The molecule has 1 rings (SSSR count). The van der Waals surface area contributed by atoms with Crippen LogP contribution < -0.4 is 5.48 Å². The summed E-state index contributed by atoms with van der Waals surface area (Å²) in [4.78, 5) is 11.4. The maximum absolute atomic E-state index is 4.77. The van der Waals surface area contributed by atoms with Crippen molar-refractivity contribution < 1.29 is 4.94 Å². The van der Waals surface area contributed by atoms with Crippen LogP contribution in [0.1, 0.15) is 20.3 Å². The Bertz CT molecular complexity index is 237. The average Bonchev–Trinajstić information content (AvgIpc) is 2.17. The fraction of sp³-hybridized carbons (Fsp3) is 0.778. The van der Waals surface area contributed by atoms with Gasteiger partial charge < -0.3 is 4.90 Å². The average molecular weight is 198 g/mol. The molecule has 5 heteroatoms. The molecular formula is C9H18N4O. The van der Waals surface area contributed by atoms with E-state index in [-0.39, 0.29) is 0 Å². The predicted molar refractivity (Wildman–Crippen MR) is 57.4 cm³/mol. The van der Waals surface area contributed by atoms with Crippen molar-refractivity contribution in [3.05, 3.63) is 0 Å². The molecule has 1 N–H and O–H groups in total. The first kappa shape index (κ1) is 11.0. The lowest BCUT2D eigenvalue weighted by Gasteiger charge is -2.14. The number of nitrogens with one attached hydrogen (secondary N) is 1. The molecule has 0 aromatic carbocycles. The van der Waals surface area contributed by atoms with Crippen LogP contribution in [0.3, 0.4) is 0 Å². The van der Waals surface area contributed by atoms with E-state index in [4.69, 9.17) is 4.94 Å². The zero-order valence-electron chi connectivity index (χ0n) is 9.08. The molecule has 0 aliphatic carbocycles. The molecule has 0 bridgehead atoms. The van der Waals surface area contributed by atoms with Crippen molar-refractivity contribution in [3.63, 3.8) is 0 Å². The molecule has 0 atom stereocenters. The van der Waals surface area contributed by atoms with E-state index in [1.807, 2.05) is 6.92 Å². The van der Waals surface area contributed by atoms with E-state index in [1.165, 1.54) is 0 Å². The summed E-state index contributed by atoms with van der Waals surface area (Å²) in [5.41, 5.74) is 3.64. The lowest BCUT2D eigenvalue weighted by Crippen LogP contribution is -2.30. The highest BCUT2D eigenvalue weighted by Gasteiger charge is 2.07. The highest BCUT2D eigenvalue weighted by Crippen LogP contribution is 1.96. The van der Waals surface area contributed by atoms with E-state index in [0.717, 1.165) is 37.6 Å². The van der Waals surface area contributed by atoms with Gasteiger partial charge in [0.15, 0.2) is 0 Å². The summed E-state index contributed by atoms with van der Waals surface area (Å²) < 4.78 is 0. The fourth-order valence-electron chi connectivity index (χ4n) is 1.07. The summed E-state index contributed by atoms with van der Waals surface area (Å²) in [7, 11) is 2.08. The van der Waals surface area contributed by atoms with Gasteiger partial charge in [-0.05, 0) is 20.5 Å². The Morgan fingerprint density at radius 2 is 2.43 bits per heavy atom. The molecule has 0 saturated heterocycles. The van der Waals surface area contributed by atoms with Gasteiger partial charge in [-0.25, -0.2) is 0 Å². The first-order valence-corrected chi connectivity index (χ1v) is 4.89. The molecule has 0 fully saturated rings. The van der Waals surface area contributed by atoms with Crippen molar-refractivity contribution in [1.29, 1.82) is 0 Å². The number of hydrogen-bond acceptors (Lipinski definition) is 4. The molecule has 1 heterocycles. The zero-order valence-corrected chi connectivity index (χ0v) is 9.08. The molecule has 0 aromatic rings. The van der Waals surface area contributed by atoms with Gasteiger partial charge in [-0.3, -0.25) is 9.93 Å². The van der Waals surface area contributed by atoms with Gasteiger partial charge in [0.05, 0.1) is 12.3 Å². The van der Waals surface area contributed by atoms with Crippen molar-refractivity contribution in [2.75, 3.05) is 26.7 Å². The van der Waals surface area contributed by atoms with Crippen molar-refractivity contribution >= 4 is 11.5 Å². The maximum atomic E-state index is 4.77. The monoisotopic (exact) mass is 198 g/mol. The van der Waals surface area contributed by atoms with Crippen LogP contribution >= 0.6 is 0 Å². The molecule has 0 amide bonds. The summed E-state index contributed by atoms with van der Waals surface area (Å²) in [5.74, 6) is 0.863. The Kier molecular flexibility index (Phi) is 4.39. The second kappa shape index (κ2) is 5.59. The lowest BCUT2D eigenvalue weighted by molar-refractivity contribution is 0.0858. The smallest absolute Gasteiger partial charge is 0.140 e. The van der Waals surface area contributed by atoms with Crippen molar-refractivity contribution in [3.8, 4) is 0 Å². The number of likely N-dealkylation sites (N-methyl/N-ethyl adjacent to an activating group) is 1. The van der Waals surface area contributed by atoms with Crippen LogP contribution in [0.5, 0.6) is 0 Å². The summed E-state index contributed by atoms with van der Waals surface area (Å²) in [5, 5.41) is 3.75. The second-order valence-electron chi connectivity index (χ2n) is 3.42. The highest BCUT2D eigenvalue weighted by molar-refractivity contribution is 6.02. The summed E-state index contributed by atoms with van der Waals surface area (Å²) >= 11 is 0. The van der Waals surface area contributed by atoms with Crippen LogP contribution in [0.15, 0.2) is 10.1 Å². The molecule has 0 unspecified atom stereocenters. The third-order valence-corrected chi connectivity index (χ3v) is 2.11. The molecule has 0 saturated carbocycles. The normalized spacial score (nSPS) is 19.1. The van der Waals surface area contributed by atoms with Gasteiger partial charge in [-0.15, -0.1) is 0 Å². The minimum atomic E-state index is 0.760. The van der Waals surface area contributed by atoms with E-state index in [9.17, 15) is 0 Å². The molecule has 0 radical (unpaired) electrons. The first-order chi connectivity index (χ1) is 6.72. The van der Waals surface area contributed by atoms with Gasteiger partial charge in [0, 0.05) is 13.0 Å². The van der Waals surface area contributed by atoms with E-state index in [0.29, 0.717) is 0 Å². The van der Waals surface area contributed by atoms with Crippen molar-refractivity contribution in [2.24, 2.45) is 10.1 Å². The quantitative estimate of drug-likeness (QED) is 0.721. The molecule has 0 spiro atoms. The minimum absolute atomic E-state index is 0.760. The number of hydroxylamine groups is 1. The Labute approximate surface area is 84.8 Å². The molecular weight excluding hydrogens is 180 g/mol. The van der Waals surface area contributed by atoms with Gasteiger partial charge in [-0.2, -0.15) is 5.48 Å². The second-order valence-corrected chi connectivity index (χ2v) is 3.42. The van der Waals surface area contributed by atoms with E-state index < -0.39 is 0 Å². The van der Waals surface area contributed by atoms with E-state index in [2.05, 4.69) is 34.5 Å². The summed E-state index contributed by atoms with van der Waals surface area (Å²) in [6.45, 7) is 6.87. The van der Waals surface area contributed by atoms with E-state index >= 15 is 0 Å². The Morgan fingerprint density at radius 1 is 1.64 bits per heavy atom. The largest absolute Gasteiger partial charge is 0.305 e. The molecule has 1 aliphatic heterocycles. The van der Waals surface area contributed by atoms with Crippen LogP contribution in [0, 0.1) is 0 Å². The van der Waals surface area contributed by atoms with Crippen LogP contribution in [-0.2, 0) is 4.94 Å². The number of rotatable bonds is 4. The number of oxime groups is 1. The van der Waals surface area contributed by atoms with Crippen molar-refractivity contribution in [1.82, 2.24) is 10.4 Å². The van der Waals surface area contributed by atoms with Crippen LogP contribution in [0.25, 0.3) is 0 Å². The zero-order chi connectivity index (χ0) is 10.4. The SMILES string of the molecule is CCN(C)CCN=C1CC(C)=NON1. The number of nitrogens with zero attached hydrogens (tertiary/aromatic N) is 3.